The minimum Gasteiger partial charge on any atom is -0.461 e. The van der Waals surface area contributed by atoms with Gasteiger partial charge in [0.05, 0.1) is 0 Å². The number of aliphatic hydroxyl groups is 1. The molecule has 1 N–H and O–H groups in total. The number of aliphatic hydroxyl groups excluding tert-OH is 1. The summed E-state index contributed by atoms with van der Waals surface area (Å²) in [6, 6.07) is 17.3. The van der Waals surface area contributed by atoms with Crippen LogP contribution in [0.15, 0.2) is 54.6 Å². The van der Waals surface area contributed by atoms with Crippen LogP contribution in [0.5, 0.6) is 5.75 Å². The van der Waals surface area contributed by atoms with Crippen LogP contribution in [0.3, 0.4) is 0 Å². The second-order valence-corrected chi connectivity index (χ2v) is 4.76. The molecule has 0 amide bonds. The molecule has 0 saturated carbocycles. The summed E-state index contributed by atoms with van der Waals surface area (Å²) in [6.07, 6.45) is 0.197. The number of hydrogen-bond acceptors (Lipinski definition) is 2. The van der Waals surface area contributed by atoms with Gasteiger partial charge in [-0.25, -0.2) is 0 Å². The average molecular weight is 256 g/mol. The summed E-state index contributed by atoms with van der Waals surface area (Å²) < 4.78 is 5.52. The van der Waals surface area contributed by atoms with Crippen LogP contribution in [0, 0.1) is 0 Å². The maximum atomic E-state index is 9.98. The SMILES string of the molecule is CCC(C)c1ccc(OC(O)c2ccccc2)cc1. The van der Waals surface area contributed by atoms with Crippen LogP contribution in [0.1, 0.15) is 43.6 Å². The van der Waals surface area contributed by atoms with E-state index in [1.165, 1.54) is 5.56 Å². The molecule has 0 spiro atoms. The minimum absolute atomic E-state index is 0.549. The highest BCUT2D eigenvalue weighted by molar-refractivity contribution is 5.30. The minimum atomic E-state index is -0.921. The fourth-order valence-electron chi connectivity index (χ4n) is 1.93. The van der Waals surface area contributed by atoms with Gasteiger partial charge in [0.25, 0.3) is 0 Å². The van der Waals surface area contributed by atoms with E-state index < -0.39 is 6.29 Å². The molecule has 0 bridgehead atoms. The van der Waals surface area contributed by atoms with Gasteiger partial charge >= 0.3 is 0 Å². The molecule has 0 radical (unpaired) electrons. The first-order valence-electron chi connectivity index (χ1n) is 6.70. The van der Waals surface area contributed by atoms with Crippen LogP contribution in [-0.2, 0) is 0 Å². The van der Waals surface area contributed by atoms with E-state index >= 15 is 0 Å². The lowest BCUT2D eigenvalue weighted by atomic mass is 9.99. The summed E-state index contributed by atoms with van der Waals surface area (Å²) in [6.45, 7) is 4.38. The maximum absolute atomic E-state index is 9.98. The molecule has 2 aromatic carbocycles. The fraction of sp³-hybridized carbons (Fsp3) is 0.294. The predicted molar refractivity (Wildman–Crippen MR) is 77.2 cm³/mol. The first-order valence-corrected chi connectivity index (χ1v) is 6.70. The topological polar surface area (TPSA) is 29.5 Å². The first kappa shape index (κ1) is 13.6. The Kier molecular flexibility index (Phi) is 4.58. The lowest BCUT2D eigenvalue weighted by Crippen LogP contribution is -2.06. The van der Waals surface area contributed by atoms with Crippen molar-refractivity contribution in [2.24, 2.45) is 0 Å². The van der Waals surface area contributed by atoms with E-state index in [1.54, 1.807) is 0 Å². The zero-order valence-corrected chi connectivity index (χ0v) is 11.4. The molecule has 0 aromatic heterocycles. The van der Waals surface area contributed by atoms with Gasteiger partial charge in [0.1, 0.15) is 5.75 Å². The Bertz CT molecular complexity index is 490. The van der Waals surface area contributed by atoms with Gasteiger partial charge in [-0.15, -0.1) is 0 Å². The third-order valence-corrected chi connectivity index (χ3v) is 3.39. The van der Waals surface area contributed by atoms with Gasteiger partial charge in [0, 0.05) is 5.56 Å². The molecular formula is C17H20O2. The van der Waals surface area contributed by atoms with Crippen molar-refractivity contribution in [2.75, 3.05) is 0 Å². The second-order valence-electron chi connectivity index (χ2n) is 4.76. The summed E-state index contributed by atoms with van der Waals surface area (Å²) in [5, 5.41) is 9.98. The molecule has 100 valence electrons. The first-order chi connectivity index (χ1) is 9.20. The predicted octanol–water partition coefficient (Wildman–Crippen LogP) is 4.27. The van der Waals surface area contributed by atoms with Gasteiger partial charge in [-0.1, -0.05) is 56.3 Å². The van der Waals surface area contributed by atoms with Crippen molar-refractivity contribution in [3.05, 3.63) is 65.7 Å². The van der Waals surface area contributed by atoms with E-state index in [9.17, 15) is 5.11 Å². The molecule has 0 aliphatic rings. The van der Waals surface area contributed by atoms with Crippen molar-refractivity contribution in [1.29, 1.82) is 0 Å². The van der Waals surface area contributed by atoms with Crippen LogP contribution >= 0.6 is 0 Å². The largest absolute Gasteiger partial charge is 0.461 e. The molecule has 0 saturated heterocycles. The van der Waals surface area contributed by atoms with Crippen LogP contribution in [0.2, 0.25) is 0 Å². The normalized spacial score (nSPS) is 13.8. The third-order valence-electron chi connectivity index (χ3n) is 3.39. The van der Waals surface area contributed by atoms with Crippen LogP contribution in [0.4, 0.5) is 0 Å². The lowest BCUT2D eigenvalue weighted by Gasteiger charge is -2.15. The molecule has 0 fully saturated rings. The van der Waals surface area contributed by atoms with Gasteiger partial charge in [-0.2, -0.15) is 0 Å². The van der Waals surface area contributed by atoms with Crippen molar-refractivity contribution in [3.63, 3.8) is 0 Å². The lowest BCUT2D eigenvalue weighted by molar-refractivity contribution is -0.0194. The molecule has 2 rings (SSSR count). The van der Waals surface area contributed by atoms with Crippen molar-refractivity contribution >= 4 is 0 Å². The van der Waals surface area contributed by atoms with Gasteiger partial charge in [0.15, 0.2) is 0 Å². The molecule has 2 unspecified atom stereocenters. The number of ether oxygens (including phenoxy) is 1. The highest BCUT2D eigenvalue weighted by atomic mass is 16.6. The molecule has 2 atom stereocenters. The van der Waals surface area contributed by atoms with E-state index in [2.05, 4.69) is 26.0 Å². The van der Waals surface area contributed by atoms with Crippen LogP contribution in [-0.4, -0.2) is 5.11 Å². The van der Waals surface area contributed by atoms with E-state index in [1.807, 2.05) is 42.5 Å². The molecule has 0 heterocycles. The van der Waals surface area contributed by atoms with E-state index in [4.69, 9.17) is 4.74 Å². The Morgan fingerprint density at radius 2 is 1.58 bits per heavy atom. The zero-order valence-electron chi connectivity index (χ0n) is 11.4. The summed E-state index contributed by atoms with van der Waals surface area (Å²) in [5.74, 6) is 1.23. The summed E-state index contributed by atoms with van der Waals surface area (Å²) in [5.41, 5.74) is 2.05. The highest BCUT2D eigenvalue weighted by Crippen LogP contribution is 2.24. The standard InChI is InChI=1S/C17H20O2/c1-3-13(2)14-9-11-16(12-10-14)19-17(18)15-7-5-4-6-8-15/h4-13,17-18H,3H2,1-2H3. The molecule has 0 aliphatic carbocycles. The smallest absolute Gasteiger partial charge is 0.224 e. The maximum Gasteiger partial charge on any atom is 0.224 e. The Hall–Kier alpha value is -1.80. The Labute approximate surface area is 114 Å². The quantitative estimate of drug-likeness (QED) is 0.809. The summed E-state index contributed by atoms with van der Waals surface area (Å²) in [7, 11) is 0. The van der Waals surface area contributed by atoms with Crippen LogP contribution < -0.4 is 4.74 Å². The Morgan fingerprint density at radius 3 is 2.16 bits per heavy atom. The average Bonchev–Trinajstić information content (AvgIpc) is 2.48. The number of rotatable bonds is 5. The van der Waals surface area contributed by atoms with E-state index in [0.717, 1.165) is 12.0 Å². The fourth-order valence-corrected chi connectivity index (χ4v) is 1.93. The Balaban J connectivity index is 2.04. The van der Waals surface area contributed by atoms with Crippen molar-refractivity contribution in [1.82, 2.24) is 0 Å². The van der Waals surface area contributed by atoms with E-state index in [-0.39, 0.29) is 0 Å². The zero-order chi connectivity index (χ0) is 13.7. The van der Waals surface area contributed by atoms with Crippen molar-refractivity contribution in [3.8, 4) is 5.75 Å². The Morgan fingerprint density at radius 1 is 0.947 bits per heavy atom. The van der Waals surface area contributed by atoms with Crippen LogP contribution in [0.25, 0.3) is 0 Å². The molecule has 0 aliphatic heterocycles. The van der Waals surface area contributed by atoms with Gasteiger partial charge < -0.3 is 9.84 Å². The van der Waals surface area contributed by atoms with Gasteiger partial charge in [-0.3, -0.25) is 0 Å². The van der Waals surface area contributed by atoms with Gasteiger partial charge in [0.2, 0.25) is 6.29 Å². The van der Waals surface area contributed by atoms with Crippen molar-refractivity contribution < 1.29 is 9.84 Å². The molecular weight excluding hydrogens is 236 g/mol. The molecule has 2 aromatic rings. The molecule has 19 heavy (non-hydrogen) atoms. The number of hydrogen-bond donors (Lipinski definition) is 1. The molecule has 2 heteroatoms. The highest BCUT2D eigenvalue weighted by Gasteiger charge is 2.09. The van der Waals surface area contributed by atoms with Crippen molar-refractivity contribution in [2.45, 2.75) is 32.5 Å². The monoisotopic (exact) mass is 256 g/mol. The third kappa shape index (κ3) is 3.58. The van der Waals surface area contributed by atoms with E-state index in [0.29, 0.717) is 11.7 Å². The molecule has 2 nitrogen and oxygen atoms in total. The van der Waals surface area contributed by atoms with Gasteiger partial charge in [-0.05, 0) is 30.0 Å². The number of benzene rings is 2. The summed E-state index contributed by atoms with van der Waals surface area (Å²) >= 11 is 0. The summed E-state index contributed by atoms with van der Waals surface area (Å²) in [4.78, 5) is 0. The second kappa shape index (κ2) is 6.39.